The van der Waals surface area contributed by atoms with Crippen LogP contribution in [0.25, 0.3) is 0 Å². The Balaban J connectivity index is 1.75. The Labute approximate surface area is 159 Å². The molecule has 0 aromatic heterocycles. The highest BCUT2D eigenvalue weighted by molar-refractivity contribution is 5.98. The lowest BCUT2D eigenvalue weighted by Crippen LogP contribution is -2.37. The fraction of sp³-hybridized carbons (Fsp3) is 0.571. The van der Waals surface area contributed by atoms with E-state index in [-0.39, 0.29) is 29.9 Å². The molecule has 1 aromatic carbocycles. The number of ketones is 2. The Kier molecular flexibility index (Phi) is 8.10. The van der Waals surface area contributed by atoms with Gasteiger partial charge in [-0.3, -0.25) is 14.4 Å². The summed E-state index contributed by atoms with van der Waals surface area (Å²) in [5.41, 5.74) is 0.564. The van der Waals surface area contributed by atoms with Crippen LogP contribution in [-0.2, 0) is 14.3 Å². The van der Waals surface area contributed by atoms with Crippen LogP contribution >= 0.6 is 0 Å². The third-order valence-electron chi connectivity index (χ3n) is 5.12. The van der Waals surface area contributed by atoms with E-state index in [1.807, 2.05) is 0 Å². The predicted molar refractivity (Wildman–Crippen MR) is 99.9 cm³/mol. The van der Waals surface area contributed by atoms with Crippen molar-refractivity contribution < 1.29 is 23.5 Å². The highest BCUT2D eigenvalue weighted by Crippen LogP contribution is 2.22. The van der Waals surface area contributed by atoms with Gasteiger partial charge in [0, 0.05) is 11.5 Å². The van der Waals surface area contributed by atoms with Gasteiger partial charge in [0.1, 0.15) is 17.5 Å². The Morgan fingerprint density at radius 3 is 2.37 bits per heavy atom. The Morgan fingerprint density at radius 2 is 1.81 bits per heavy atom. The van der Waals surface area contributed by atoms with Crippen LogP contribution in [0.4, 0.5) is 4.39 Å². The van der Waals surface area contributed by atoms with E-state index in [1.165, 1.54) is 19.1 Å². The van der Waals surface area contributed by atoms with Crippen LogP contribution in [0.1, 0.15) is 49.9 Å². The highest BCUT2D eigenvalue weighted by Gasteiger charge is 2.27. The number of likely N-dealkylation sites (tertiary alicyclic amines) is 1. The lowest BCUT2D eigenvalue weighted by Gasteiger charge is -2.31. The van der Waals surface area contributed by atoms with Gasteiger partial charge in [0.05, 0.1) is 6.61 Å². The first-order chi connectivity index (χ1) is 12.9. The van der Waals surface area contributed by atoms with Gasteiger partial charge < -0.3 is 9.64 Å². The molecule has 5 nitrogen and oxygen atoms in total. The zero-order valence-corrected chi connectivity index (χ0v) is 16.1. The molecule has 1 aromatic rings. The van der Waals surface area contributed by atoms with Crippen molar-refractivity contribution in [2.24, 2.45) is 11.8 Å². The van der Waals surface area contributed by atoms with Crippen molar-refractivity contribution in [1.82, 2.24) is 4.90 Å². The molecular formula is C21H28FNO4. The number of ether oxygens (including phenoxy) is 1. The molecular weight excluding hydrogens is 349 g/mol. The average Bonchev–Trinajstić information content (AvgIpc) is 2.65. The van der Waals surface area contributed by atoms with Crippen molar-refractivity contribution in [1.29, 1.82) is 0 Å². The smallest absolute Gasteiger partial charge is 0.316 e. The minimum atomic E-state index is -0.678. The molecule has 1 saturated heterocycles. The molecule has 2 rings (SSSR count). The zero-order chi connectivity index (χ0) is 19.8. The Bertz CT molecular complexity index is 651. The molecule has 1 fully saturated rings. The van der Waals surface area contributed by atoms with Crippen LogP contribution in [0, 0.1) is 17.7 Å². The fourth-order valence-corrected chi connectivity index (χ4v) is 3.52. The molecule has 6 heteroatoms. The van der Waals surface area contributed by atoms with Gasteiger partial charge in [-0.25, -0.2) is 4.39 Å². The molecule has 1 heterocycles. The molecule has 0 radical (unpaired) electrons. The number of benzene rings is 1. The molecule has 148 valence electrons. The van der Waals surface area contributed by atoms with Gasteiger partial charge in [-0.05, 0) is 83.4 Å². The first-order valence-corrected chi connectivity index (χ1v) is 9.61. The molecule has 1 aliphatic rings. The first kappa shape index (κ1) is 21.2. The van der Waals surface area contributed by atoms with E-state index in [9.17, 15) is 18.8 Å². The summed E-state index contributed by atoms with van der Waals surface area (Å²) in [7, 11) is 0. The minimum absolute atomic E-state index is 0.0313. The summed E-state index contributed by atoms with van der Waals surface area (Å²) in [5, 5.41) is 0. The van der Waals surface area contributed by atoms with Crippen LogP contribution in [-0.4, -0.2) is 48.7 Å². The van der Waals surface area contributed by atoms with Crippen LogP contribution < -0.4 is 0 Å². The molecule has 1 aliphatic heterocycles. The SMILES string of the molecule is CCOC(=O)C(CCCN1CCC(C(=O)c2ccc(F)cc2)CC1)C(C)=O. The van der Waals surface area contributed by atoms with E-state index >= 15 is 0 Å². The van der Waals surface area contributed by atoms with Gasteiger partial charge in [0.2, 0.25) is 0 Å². The van der Waals surface area contributed by atoms with Crippen LogP contribution in [0.2, 0.25) is 0 Å². The molecule has 0 aliphatic carbocycles. The van der Waals surface area contributed by atoms with Gasteiger partial charge >= 0.3 is 5.97 Å². The quantitative estimate of drug-likeness (QED) is 0.375. The third kappa shape index (κ3) is 6.24. The second kappa shape index (κ2) is 10.3. The summed E-state index contributed by atoms with van der Waals surface area (Å²) < 4.78 is 18.0. The van der Waals surface area contributed by atoms with E-state index in [4.69, 9.17) is 4.74 Å². The van der Waals surface area contributed by atoms with Crippen molar-refractivity contribution in [3.8, 4) is 0 Å². The highest BCUT2D eigenvalue weighted by atomic mass is 19.1. The number of esters is 1. The number of rotatable bonds is 9. The number of piperidine rings is 1. The fourth-order valence-electron chi connectivity index (χ4n) is 3.52. The third-order valence-corrected chi connectivity index (χ3v) is 5.12. The second-order valence-corrected chi connectivity index (χ2v) is 7.04. The number of hydrogen-bond acceptors (Lipinski definition) is 5. The zero-order valence-electron chi connectivity index (χ0n) is 16.1. The van der Waals surface area contributed by atoms with Gasteiger partial charge in [-0.15, -0.1) is 0 Å². The lowest BCUT2D eigenvalue weighted by atomic mass is 9.88. The maximum atomic E-state index is 13.0. The number of halogens is 1. The topological polar surface area (TPSA) is 63.7 Å². The number of Topliss-reactive ketones (excluding diaryl/α,β-unsaturated/α-hetero) is 2. The molecule has 1 unspecified atom stereocenters. The maximum absolute atomic E-state index is 13.0. The molecule has 0 N–H and O–H groups in total. The van der Waals surface area contributed by atoms with Gasteiger partial charge in [0.15, 0.2) is 5.78 Å². The molecule has 27 heavy (non-hydrogen) atoms. The normalized spacial score (nSPS) is 16.7. The monoisotopic (exact) mass is 377 g/mol. The summed E-state index contributed by atoms with van der Waals surface area (Å²) in [4.78, 5) is 38.2. The van der Waals surface area contributed by atoms with Gasteiger partial charge in [0.25, 0.3) is 0 Å². The van der Waals surface area contributed by atoms with E-state index in [0.717, 1.165) is 38.9 Å². The first-order valence-electron chi connectivity index (χ1n) is 9.61. The molecule has 0 spiro atoms. The summed E-state index contributed by atoms with van der Waals surface area (Å²) in [6, 6.07) is 5.72. The summed E-state index contributed by atoms with van der Waals surface area (Å²) in [5.74, 6) is -1.56. The molecule has 1 atom stereocenters. The second-order valence-electron chi connectivity index (χ2n) is 7.04. The number of nitrogens with zero attached hydrogens (tertiary/aromatic N) is 1. The van der Waals surface area contributed by atoms with Crippen molar-refractivity contribution in [2.45, 2.75) is 39.5 Å². The summed E-state index contributed by atoms with van der Waals surface area (Å²) >= 11 is 0. The van der Waals surface area contributed by atoms with E-state index < -0.39 is 11.9 Å². The van der Waals surface area contributed by atoms with Gasteiger partial charge in [-0.1, -0.05) is 0 Å². The Morgan fingerprint density at radius 1 is 1.19 bits per heavy atom. The lowest BCUT2D eigenvalue weighted by molar-refractivity contribution is -0.151. The average molecular weight is 377 g/mol. The molecule has 0 bridgehead atoms. The Hall–Kier alpha value is -2.08. The van der Waals surface area contributed by atoms with E-state index in [0.29, 0.717) is 12.0 Å². The summed E-state index contributed by atoms with van der Waals surface area (Å²) in [6.45, 7) is 5.84. The van der Waals surface area contributed by atoms with Crippen molar-refractivity contribution in [3.05, 3.63) is 35.6 Å². The number of hydrogen-bond donors (Lipinski definition) is 0. The molecule has 0 amide bonds. The minimum Gasteiger partial charge on any atom is -0.465 e. The number of carbonyl (C=O) groups excluding carboxylic acids is 3. The van der Waals surface area contributed by atoms with Crippen LogP contribution in [0.15, 0.2) is 24.3 Å². The van der Waals surface area contributed by atoms with Crippen LogP contribution in [0.5, 0.6) is 0 Å². The summed E-state index contributed by atoms with van der Waals surface area (Å²) in [6.07, 6.45) is 2.76. The standard InChI is InChI=1S/C21H28FNO4/c1-3-27-21(26)19(15(2)24)5-4-12-23-13-10-17(11-14-23)20(25)16-6-8-18(22)9-7-16/h6-9,17,19H,3-5,10-14H2,1-2H3. The number of carbonyl (C=O) groups is 3. The van der Waals surface area contributed by atoms with Gasteiger partial charge in [-0.2, -0.15) is 0 Å². The van der Waals surface area contributed by atoms with Crippen molar-refractivity contribution >= 4 is 17.5 Å². The van der Waals surface area contributed by atoms with E-state index in [2.05, 4.69) is 4.90 Å². The van der Waals surface area contributed by atoms with Crippen molar-refractivity contribution in [2.75, 3.05) is 26.2 Å². The van der Waals surface area contributed by atoms with E-state index in [1.54, 1.807) is 19.1 Å². The van der Waals surface area contributed by atoms with Crippen molar-refractivity contribution in [3.63, 3.8) is 0 Å². The maximum Gasteiger partial charge on any atom is 0.316 e. The molecule has 0 saturated carbocycles. The predicted octanol–water partition coefficient (Wildman–Crippen LogP) is 3.27. The largest absolute Gasteiger partial charge is 0.465 e. The van der Waals surface area contributed by atoms with Crippen LogP contribution in [0.3, 0.4) is 0 Å².